The average Bonchev–Trinajstić information content (AvgIpc) is 2.65. The molecular weight excluding hydrogens is 356 g/mol. The molecule has 0 fully saturated rings. The molecule has 0 bridgehead atoms. The lowest BCUT2D eigenvalue weighted by molar-refractivity contribution is -0.123. The fourth-order valence-electron chi connectivity index (χ4n) is 2.22. The van der Waals surface area contributed by atoms with Crippen molar-refractivity contribution in [1.29, 1.82) is 0 Å². The maximum absolute atomic E-state index is 12.5. The highest BCUT2D eigenvalue weighted by molar-refractivity contribution is 7.89. The lowest BCUT2D eigenvalue weighted by atomic mass is 10.1. The van der Waals surface area contributed by atoms with E-state index in [0.29, 0.717) is 5.75 Å². The first-order valence-electron chi connectivity index (χ1n) is 8.10. The van der Waals surface area contributed by atoms with E-state index in [0.717, 1.165) is 5.56 Å². The first kappa shape index (κ1) is 19.9. The van der Waals surface area contributed by atoms with Gasteiger partial charge in [-0.15, -0.1) is 0 Å². The van der Waals surface area contributed by atoms with E-state index >= 15 is 0 Å². The van der Waals surface area contributed by atoms with E-state index in [9.17, 15) is 13.2 Å². The molecule has 2 rings (SSSR count). The third-order valence-corrected chi connectivity index (χ3v) is 5.13. The van der Waals surface area contributed by atoms with Gasteiger partial charge in [0.2, 0.25) is 10.0 Å². The Bertz CT molecular complexity index is 807. The quantitative estimate of drug-likeness (QED) is 0.608. The molecule has 0 aliphatic rings. The first-order chi connectivity index (χ1) is 12.4. The van der Waals surface area contributed by atoms with E-state index in [1.165, 1.54) is 24.3 Å². The van der Waals surface area contributed by atoms with Crippen molar-refractivity contribution < 1.29 is 23.1 Å². The number of hydrogen-bond acceptors (Lipinski definition) is 5. The Morgan fingerprint density at radius 2 is 1.77 bits per heavy atom. The molecule has 140 valence electrons. The molecule has 0 spiro atoms. The molecular formula is C18H22N2O5S. The zero-order chi connectivity index (χ0) is 19.0. The number of aliphatic hydroxyl groups is 1. The van der Waals surface area contributed by atoms with Gasteiger partial charge in [-0.2, -0.15) is 0 Å². The molecule has 1 unspecified atom stereocenters. The first-order valence-corrected chi connectivity index (χ1v) is 9.58. The Balaban J connectivity index is 1.97. The van der Waals surface area contributed by atoms with Crippen molar-refractivity contribution in [2.45, 2.75) is 17.9 Å². The Hall–Kier alpha value is -2.42. The standard InChI is InChI=1S/C18H22N2O5S/c1-14(15-5-3-2-4-6-15)20-26(23,24)17-9-7-16(8-10-17)25-13-18(22)19-11-12-21/h2-10,14,20-21H,11-13H2,1H3,(H,19,22). The Morgan fingerprint density at radius 1 is 1.12 bits per heavy atom. The van der Waals surface area contributed by atoms with Gasteiger partial charge in [-0.3, -0.25) is 4.79 Å². The number of nitrogens with one attached hydrogen (secondary N) is 2. The van der Waals surface area contributed by atoms with Gasteiger partial charge in [-0.05, 0) is 36.8 Å². The zero-order valence-corrected chi connectivity index (χ0v) is 15.2. The maximum Gasteiger partial charge on any atom is 0.258 e. The summed E-state index contributed by atoms with van der Waals surface area (Å²) in [6.45, 7) is 1.57. The second kappa shape index (κ2) is 9.33. The predicted octanol–water partition coefficient (Wildman–Crippen LogP) is 1.21. The fourth-order valence-corrected chi connectivity index (χ4v) is 3.45. The minimum atomic E-state index is -3.68. The Morgan fingerprint density at radius 3 is 2.38 bits per heavy atom. The molecule has 7 nitrogen and oxygen atoms in total. The second-order valence-corrected chi connectivity index (χ2v) is 7.30. The van der Waals surface area contributed by atoms with Gasteiger partial charge < -0.3 is 15.2 Å². The highest BCUT2D eigenvalue weighted by Crippen LogP contribution is 2.19. The van der Waals surface area contributed by atoms with Crippen LogP contribution in [-0.2, 0) is 14.8 Å². The largest absolute Gasteiger partial charge is 0.484 e. The summed E-state index contributed by atoms with van der Waals surface area (Å²) < 4.78 is 32.8. The summed E-state index contributed by atoms with van der Waals surface area (Å²) in [5.74, 6) is 0.00769. The van der Waals surface area contributed by atoms with E-state index in [4.69, 9.17) is 9.84 Å². The molecule has 1 atom stereocenters. The molecule has 2 aromatic carbocycles. The summed E-state index contributed by atoms with van der Waals surface area (Å²) in [5, 5.41) is 11.1. The van der Waals surface area contributed by atoms with Crippen molar-refractivity contribution in [3.8, 4) is 5.75 Å². The van der Waals surface area contributed by atoms with E-state index in [1.54, 1.807) is 6.92 Å². The van der Waals surface area contributed by atoms with Crippen LogP contribution < -0.4 is 14.8 Å². The molecule has 0 saturated carbocycles. The molecule has 1 amide bonds. The van der Waals surface area contributed by atoms with Crippen molar-refractivity contribution in [2.24, 2.45) is 0 Å². The third kappa shape index (κ3) is 5.83. The van der Waals surface area contributed by atoms with Crippen LogP contribution in [0, 0.1) is 0 Å². The van der Waals surface area contributed by atoms with Gasteiger partial charge in [0.1, 0.15) is 5.75 Å². The van der Waals surface area contributed by atoms with Gasteiger partial charge in [-0.25, -0.2) is 13.1 Å². The summed E-state index contributed by atoms with van der Waals surface area (Å²) in [6.07, 6.45) is 0. The van der Waals surface area contributed by atoms with Crippen LogP contribution in [0.15, 0.2) is 59.5 Å². The van der Waals surface area contributed by atoms with Crippen LogP contribution >= 0.6 is 0 Å². The van der Waals surface area contributed by atoms with E-state index < -0.39 is 10.0 Å². The smallest absolute Gasteiger partial charge is 0.258 e. The van der Waals surface area contributed by atoms with Crippen LogP contribution in [0.2, 0.25) is 0 Å². The Labute approximate surface area is 153 Å². The SMILES string of the molecule is CC(NS(=O)(=O)c1ccc(OCC(=O)NCCO)cc1)c1ccccc1. The molecule has 3 N–H and O–H groups in total. The number of rotatable bonds is 9. The predicted molar refractivity (Wildman–Crippen MR) is 97.2 cm³/mol. The molecule has 0 aromatic heterocycles. The highest BCUT2D eigenvalue weighted by Gasteiger charge is 2.18. The number of amides is 1. The van der Waals surface area contributed by atoms with Crippen LogP contribution in [0.25, 0.3) is 0 Å². The van der Waals surface area contributed by atoms with Gasteiger partial charge in [0.05, 0.1) is 11.5 Å². The van der Waals surface area contributed by atoms with Crippen molar-refractivity contribution in [3.05, 3.63) is 60.2 Å². The summed E-state index contributed by atoms with van der Waals surface area (Å²) in [7, 11) is -3.68. The number of carbonyl (C=O) groups excluding carboxylic acids is 1. The molecule has 0 aliphatic heterocycles. The molecule has 26 heavy (non-hydrogen) atoms. The van der Waals surface area contributed by atoms with E-state index in [1.807, 2.05) is 30.3 Å². The van der Waals surface area contributed by atoms with E-state index in [2.05, 4.69) is 10.0 Å². The van der Waals surface area contributed by atoms with Crippen molar-refractivity contribution in [1.82, 2.24) is 10.0 Å². The topological polar surface area (TPSA) is 105 Å². The summed E-state index contributed by atoms with van der Waals surface area (Å²) >= 11 is 0. The van der Waals surface area contributed by atoms with Gasteiger partial charge in [0.15, 0.2) is 6.61 Å². The van der Waals surface area contributed by atoms with Gasteiger partial charge in [0.25, 0.3) is 5.91 Å². The summed E-state index contributed by atoms with van der Waals surface area (Å²) in [6, 6.07) is 14.7. The number of aliphatic hydroxyl groups excluding tert-OH is 1. The molecule has 0 radical (unpaired) electrons. The molecule has 2 aromatic rings. The van der Waals surface area contributed by atoms with Crippen LogP contribution in [0.5, 0.6) is 5.75 Å². The zero-order valence-electron chi connectivity index (χ0n) is 14.4. The third-order valence-electron chi connectivity index (χ3n) is 3.57. The lowest BCUT2D eigenvalue weighted by Gasteiger charge is -2.15. The number of hydrogen-bond donors (Lipinski definition) is 3. The Kier molecular flexibility index (Phi) is 7.14. The normalized spacial score (nSPS) is 12.4. The summed E-state index contributed by atoms with van der Waals surface area (Å²) in [5.41, 5.74) is 0.866. The van der Waals surface area contributed by atoms with Gasteiger partial charge >= 0.3 is 0 Å². The van der Waals surface area contributed by atoms with Crippen LogP contribution in [-0.4, -0.2) is 39.2 Å². The average molecular weight is 378 g/mol. The maximum atomic E-state index is 12.5. The summed E-state index contributed by atoms with van der Waals surface area (Å²) in [4.78, 5) is 11.5. The van der Waals surface area contributed by atoms with E-state index in [-0.39, 0.29) is 36.6 Å². The highest BCUT2D eigenvalue weighted by atomic mass is 32.2. The number of sulfonamides is 1. The van der Waals surface area contributed by atoms with Gasteiger partial charge in [0, 0.05) is 12.6 Å². The van der Waals surface area contributed by atoms with Crippen LogP contribution in [0.3, 0.4) is 0 Å². The van der Waals surface area contributed by atoms with Crippen molar-refractivity contribution >= 4 is 15.9 Å². The van der Waals surface area contributed by atoms with Crippen molar-refractivity contribution in [3.63, 3.8) is 0 Å². The van der Waals surface area contributed by atoms with Crippen molar-refractivity contribution in [2.75, 3.05) is 19.8 Å². The number of carbonyl (C=O) groups is 1. The van der Waals surface area contributed by atoms with Crippen LogP contribution in [0.4, 0.5) is 0 Å². The second-order valence-electron chi connectivity index (χ2n) is 5.59. The molecule has 0 heterocycles. The fraction of sp³-hybridized carbons (Fsp3) is 0.278. The number of benzene rings is 2. The molecule has 0 saturated heterocycles. The molecule has 8 heteroatoms. The van der Waals surface area contributed by atoms with Crippen LogP contribution in [0.1, 0.15) is 18.5 Å². The number of ether oxygens (including phenoxy) is 1. The lowest BCUT2D eigenvalue weighted by Crippen LogP contribution is -2.31. The minimum absolute atomic E-state index is 0.109. The van der Waals surface area contributed by atoms with Gasteiger partial charge in [-0.1, -0.05) is 30.3 Å². The minimum Gasteiger partial charge on any atom is -0.484 e. The monoisotopic (exact) mass is 378 g/mol. The molecule has 0 aliphatic carbocycles.